The second-order valence-corrected chi connectivity index (χ2v) is 3.68. The van der Waals surface area contributed by atoms with Crippen molar-refractivity contribution in [3.05, 3.63) is 29.3 Å². The number of nitrogens with one attached hydrogen (secondary N) is 1. The first kappa shape index (κ1) is 13.0. The van der Waals surface area contributed by atoms with Crippen molar-refractivity contribution in [3.8, 4) is 5.75 Å². The molecule has 0 aliphatic heterocycles. The maximum atomic E-state index is 11.3. The van der Waals surface area contributed by atoms with Crippen LogP contribution in [0.25, 0.3) is 0 Å². The zero-order valence-electron chi connectivity index (χ0n) is 9.98. The molecule has 1 aromatic rings. The maximum Gasteiger partial charge on any atom is 0.339 e. The number of aromatic carboxylic acids is 1. The lowest BCUT2D eigenvalue weighted by atomic mass is 10.1. The van der Waals surface area contributed by atoms with E-state index < -0.39 is 12.1 Å². The van der Waals surface area contributed by atoms with Crippen molar-refractivity contribution in [1.82, 2.24) is 5.32 Å². The van der Waals surface area contributed by atoms with Gasteiger partial charge in [-0.2, -0.15) is 0 Å². The summed E-state index contributed by atoms with van der Waals surface area (Å²) in [4.78, 5) is 22.3. The summed E-state index contributed by atoms with van der Waals surface area (Å²) in [5.74, 6) is -1.18. The number of benzene rings is 1. The van der Waals surface area contributed by atoms with Crippen LogP contribution in [0.2, 0.25) is 0 Å². The molecule has 1 aromatic carbocycles. The average molecular weight is 237 g/mol. The van der Waals surface area contributed by atoms with Crippen molar-refractivity contribution < 1.29 is 19.4 Å². The van der Waals surface area contributed by atoms with E-state index in [4.69, 9.17) is 9.84 Å². The summed E-state index contributed by atoms with van der Waals surface area (Å²) >= 11 is 0. The number of hydrogen-bond donors (Lipinski definition) is 2. The van der Waals surface area contributed by atoms with Crippen molar-refractivity contribution in [1.29, 1.82) is 0 Å². The summed E-state index contributed by atoms with van der Waals surface area (Å²) < 4.78 is 5.35. The number of carboxylic acid groups (broad SMARTS) is 1. The molecule has 0 aliphatic carbocycles. The van der Waals surface area contributed by atoms with E-state index in [2.05, 4.69) is 5.32 Å². The molecule has 0 aromatic heterocycles. The van der Waals surface area contributed by atoms with Crippen LogP contribution in [-0.2, 0) is 4.79 Å². The fraction of sp³-hybridized carbons (Fsp3) is 0.333. The third-order valence-electron chi connectivity index (χ3n) is 2.29. The van der Waals surface area contributed by atoms with Gasteiger partial charge in [-0.15, -0.1) is 0 Å². The van der Waals surface area contributed by atoms with Crippen LogP contribution in [0, 0.1) is 6.92 Å². The van der Waals surface area contributed by atoms with Gasteiger partial charge in [0.15, 0.2) is 6.10 Å². The molecule has 5 heteroatoms. The van der Waals surface area contributed by atoms with Crippen LogP contribution in [0.3, 0.4) is 0 Å². The normalized spacial score (nSPS) is 11.7. The van der Waals surface area contributed by atoms with Gasteiger partial charge in [0.1, 0.15) is 11.3 Å². The monoisotopic (exact) mass is 237 g/mol. The first-order valence-corrected chi connectivity index (χ1v) is 5.18. The Kier molecular flexibility index (Phi) is 4.09. The van der Waals surface area contributed by atoms with E-state index in [0.29, 0.717) is 0 Å². The van der Waals surface area contributed by atoms with Gasteiger partial charge in [0.2, 0.25) is 0 Å². The minimum Gasteiger partial charge on any atom is -0.480 e. The highest BCUT2D eigenvalue weighted by Crippen LogP contribution is 2.21. The van der Waals surface area contributed by atoms with Crippen LogP contribution in [0.4, 0.5) is 0 Å². The molecular weight excluding hydrogens is 222 g/mol. The first-order chi connectivity index (χ1) is 7.95. The molecule has 0 bridgehead atoms. The number of ether oxygens (including phenoxy) is 1. The quantitative estimate of drug-likeness (QED) is 0.825. The first-order valence-electron chi connectivity index (χ1n) is 5.18. The molecule has 92 valence electrons. The molecule has 17 heavy (non-hydrogen) atoms. The van der Waals surface area contributed by atoms with Crippen LogP contribution in [0.5, 0.6) is 5.75 Å². The third kappa shape index (κ3) is 3.21. The molecule has 1 atom stereocenters. The summed E-state index contributed by atoms with van der Waals surface area (Å²) in [5.41, 5.74) is 0.917. The van der Waals surface area contributed by atoms with Gasteiger partial charge in [-0.25, -0.2) is 4.79 Å². The number of rotatable bonds is 4. The minimum absolute atomic E-state index is 0.0475. The SMILES string of the molecule is CNC(=O)C(C)Oc1cc(C)ccc1C(=O)O. The van der Waals surface area contributed by atoms with Crippen molar-refractivity contribution in [2.45, 2.75) is 20.0 Å². The Labute approximate surface area is 99.4 Å². The van der Waals surface area contributed by atoms with Crippen LogP contribution in [0.15, 0.2) is 18.2 Å². The highest BCUT2D eigenvalue weighted by molar-refractivity contribution is 5.91. The Morgan fingerprint density at radius 2 is 2.06 bits per heavy atom. The lowest BCUT2D eigenvalue weighted by Crippen LogP contribution is -2.34. The summed E-state index contributed by atoms with van der Waals surface area (Å²) in [5, 5.41) is 11.4. The fourth-order valence-corrected chi connectivity index (χ4v) is 1.35. The predicted octanol–water partition coefficient (Wildman–Crippen LogP) is 1.21. The number of hydrogen-bond acceptors (Lipinski definition) is 3. The van der Waals surface area contributed by atoms with Crippen LogP contribution in [0.1, 0.15) is 22.8 Å². The van der Waals surface area contributed by atoms with E-state index in [9.17, 15) is 9.59 Å². The molecule has 0 aliphatic rings. The molecule has 2 N–H and O–H groups in total. The van der Waals surface area contributed by atoms with Crippen LogP contribution >= 0.6 is 0 Å². The predicted molar refractivity (Wildman–Crippen MR) is 62.3 cm³/mol. The zero-order valence-corrected chi connectivity index (χ0v) is 9.98. The number of aryl methyl sites for hydroxylation is 1. The zero-order chi connectivity index (χ0) is 13.0. The fourth-order valence-electron chi connectivity index (χ4n) is 1.35. The van der Waals surface area contributed by atoms with E-state index >= 15 is 0 Å². The Bertz CT molecular complexity index is 442. The number of carbonyl (C=O) groups excluding carboxylic acids is 1. The molecule has 1 unspecified atom stereocenters. The number of amides is 1. The second kappa shape index (κ2) is 5.34. The second-order valence-electron chi connectivity index (χ2n) is 3.68. The van der Waals surface area contributed by atoms with Gasteiger partial charge in [0, 0.05) is 7.05 Å². The largest absolute Gasteiger partial charge is 0.480 e. The van der Waals surface area contributed by atoms with Crippen molar-refractivity contribution >= 4 is 11.9 Å². The summed E-state index contributed by atoms with van der Waals surface area (Å²) in [6.07, 6.45) is -0.736. The van der Waals surface area contributed by atoms with Gasteiger partial charge < -0.3 is 15.2 Å². The smallest absolute Gasteiger partial charge is 0.339 e. The highest BCUT2D eigenvalue weighted by Gasteiger charge is 2.17. The minimum atomic E-state index is -1.08. The number of likely N-dealkylation sites (N-methyl/N-ethyl adjacent to an activating group) is 1. The van der Waals surface area contributed by atoms with E-state index in [1.54, 1.807) is 19.1 Å². The maximum absolute atomic E-state index is 11.3. The molecule has 0 saturated carbocycles. The van der Waals surface area contributed by atoms with Crippen LogP contribution in [-0.4, -0.2) is 30.1 Å². The van der Waals surface area contributed by atoms with E-state index in [1.165, 1.54) is 13.1 Å². The molecular formula is C12H15NO4. The molecule has 0 saturated heterocycles. The van der Waals surface area contributed by atoms with Crippen molar-refractivity contribution in [3.63, 3.8) is 0 Å². The Morgan fingerprint density at radius 3 is 2.59 bits per heavy atom. The molecule has 0 heterocycles. The van der Waals surface area contributed by atoms with Crippen molar-refractivity contribution in [2.24, 2.45) is 0 Å². The molecule has 1 amide bonds. The van der Waals surface area contributed by atoms with Gasteiger partial charge >= 0.3 is 5.97 Å². The van der Waals surface area contributed by atoms with Crippen LogP contribution < -0.4 is 10.1 Å². The average Bonchev–Trinajstić information content (AvgIpc) is 2.27. The highest BCUT2D eigenvalue weighted by atomic mass is 16.5. The molecule has 0 radical (unpaired) electrons. The van der Waals surface area contributed by atoms with E-state index in [-0.39, 0.29) is 17.2 Å². The Hall–Kier alpha value is -2.04. The van der Waals surface area contributed by atoms with Gasteiger partial charge in [0.05, 0.1) is 0 Å². The van der Waals surface area contributed by atoms with Gasteiger partial charge in [-0.05, 0) is 31.5 Å². The lowest BCUT2D eigenvalue weighted by molar-refractivity contribution is -0.126. The summed E-state index contributed by atoms with van der Waals surface area (Å²) in [7, 11) is 1.50. The van der Waals surface area contributed by atoms with Crippen molar-refractivity contribution in [2.75, 3.05) is 7.05 Å². The topological polar surface area (TPSA) is 75.6 Å². The van der Waals surface area contributed by atoms with E-state index in [0.717, 1.165) is 5.56 Å². The standard InChI is InChI=1S/C12H15NO4/c1-7-4-5-9(12(15)16)10(6-7)17-8(2)11(14)13-3/h4-6,8H,1-3H3,(H,13,14)(H,15,16). The third-order valence-corrected chi connectivity index (χ3v) is 2.29. The molecule has 1 rings (SSSR count). The molecule has 0 fully saturated rings. The van der Waals surface area contributed by atoms with Gasteiger partial charge in [-0.1, -0.05) is 6.07 Å². The molecule has 5 nitrogen and oxygen atoms in total. The van der Waals surface area contributed by atoms with Gasteiger partial charge in [-0.3, -0.25) is 4.79 Å². The summed E-state index contributed by atoms with van der Waals surface area (Å²) in [6.45, 7) is 3.38. The van der Waals surface area contributed by atoms with Gasteiger partial charge in [0.25, 0.3) is 5.91 Å². The number of carbonyl (C=O) groups is 2. The number of carboxylic acids is 1. The summed E-state index contributed by atoms with van der Waals surface area (Å²) in [6, 6.07) is 4.74. The van der Waals surface area contributed by atoms with E-state index in [1.807, 2.05) is 6.92 Å². The Morgan fingerprint density at radius 1 is 1.41 bits per heavy atom. The lowest BCUT2D eigenvalue weighted by Gasteiger charge is -2.15. The molecule has 0 spiro atoms. The Balaban J connectivity index is 3.00.